The number of allylic oxidation sites excluding steroid dienone is 4. The van der Waals surface area contributed by atoms with Crippen LogP contribution in [0, 0.1) is 0 Å². The second-order valence-corrected chi connectivity index (χ2v) is 26.3. The second kappa shape index (κ2) is 68.6. The van der Waals surface area contributed by atoms with Gasteiger partial charge in [0.1, 0.15) is 6.61 Å². The summed E-state index contributed by atoms with van der Waals surface area (Å²) < 4.78 is 33.2. The third-order valence-electron chi connectivity index (χ3n) is 16.6. The molecule has 0 radical (unpaired) electrons. The van der Waals surface area contributed by atoms with Gasteiger partial charge in [-0.2, -0.15) is 0 Å². The van der Waals surface area contributed by atoms with E-state index in [1.54, 1.807) is 0 Å². The van der Waals surface area contributed by atoms with Gasteiger partial charge in [0.25, 0.3) is 0 Å². The molecular formula is C72H140NO8P. The first-order valence-electron chi connectivity index (χ1n) is 36.3. The Bertz CT molecular complexity index is 1390. The molecule has 2 atom stereocenters. The van der Waals surface area contributed by atoms with Crippen LogP contribution in [-0.2, 0) is 32.7 Å². The van der Waals surface area contributed by atoms with Crippen LogP contribution >= 0.6 is 7.82 Å². The molecule has 0 aromatic rings. The molecule has 0 aromatic carbocycles. The predicted molar refractivity (Wildman–Crippen MR) is 354 cm³/mol. The molecule has 0 rings (SSSR count). The van der Waals surface area contributed by atoms with Crippen molar-refractivity contribution in [3.8, 4) is 0 Å². The topological polar surface area (TPSA) is 134 Å². The van der Waals surface area contributed by atoms with E-state index in [2.05, 4.69) is 38.2 Å². The molecule has 0 aromatic heterocycles. The van der Waals surface area contributed by atoms with Crippen molar-refractivity contribution >= 4 is 19.8 Å². The highest BCUT2D eigenvalue weighted by Gasteiger charge is 2.26. The lowest BCUT2D eigenvalue weighted by atomic mass is 10.0. The van der Waals surface area contributed by atoms with Gasteiger partial charge in [-0.3, -0.25) is 18.6 Å². The van der Waals surface area contributed by atoms with Crippen LogP contribution in [0.4, 0.5) is 0 Å². The monoisotopic (exact) mass is 1180 g/mol. The molecule has 0 bridgehead atoms. The van der Waals surface area contributed by atoms with Crippen molar-refractivity contribution in [1.82, 2.24) is 0 Å². The Morgan fingerprint density at radius 3 is 0.927 bits per heavy atom. The highest BCUT2D eigenvalue weighted by Crippen LogP contribution is 2.43. The molecule has 2 unspecified atom stereocenters. The third kappa shape index (κ3) is 67.6. The Labute approximate surface area is 510 Å². The second-order valence-electron chi connectivity index (χ2n) is 24.8. The number of rotatable bonds is 70. The molecule has 486 valence electrons. The average molecular weight is 1180 g/mol. The summed E-state index contributed by atoms with van der Waals surface area (Å²) >= 11 is 0. The van der Waals surface area contributed by atoms with Crippen LogP contribution in [-0.4, -0.2) is 49.3 Å². The maximum Gasteiger partial charge on any atom is 0.472 e. The lowest BCUT2D eigenvalue weighted by Crippen LogP contribution is -2.29. The summed E-state index contributed by atoms with van der Waals surface area (Å²) in [6.07, 6.45) is 84.3. The highest BCUT2D eigenvalue weighted by molar-refractivity contribution is 7.47. The van der Waals surface area contributed by atoms with E-state index in [9.17, 15) is 19.0 Å². The molecule has 0 aliphatic heterocycles. The Balaban J connectivity index is 3.79. The van der Waals surface area contributed by atoms with Crippen molar-refractivity contribution in [3.05, 3.63) is 24.3 Å². The molecule has 0 saturated heterocycles. The number of phosphoric acid groups is 1. The van der Waals surface area contributed by atoms with Crippen molar-refractivity contribution in [3.63, 3.8) is 0 Å². The van der Waals surface area contributed by atoms with Crippen molar-refractivity contribution in [2.45, 2.75) is 399 Å². The van der Waals surface area contributed by atoms with E-state index in [1.165, 1.54) is 321 Å². The van der Waals surface area contributed by atoms with Crippen molar-refractivity contribution in [2.75, 3.05) is 26.4 Å². The molecule has 0 fully saturated rings. The summed E-state index contributed by atoms with van der Waals surface area (Å²) in [5.74, 6) is -0.802. The van der Waals surface area contributed by atoms with E-state index in [-0.39, 0.29) is 38.6 Å². The lowest BCUT2D eigenvalue weighted by Gasteiger charge is -2.19. The predicted octanol–water partition coefficient (Wildman–Crippen LogP) is 23.7. The van der Waals surface area contributed by atoms with Gasteiger partial charge in [0, 0.05) is 19.4 Å². The van der Waals surface area contributed by atoms with Gasteiger partial charge in [-0.25, -0.2) is 4.57 Å². The number of unbranched alkanes of at least 4 members (excludes halogenated alkanes) is 53. The van der Waals surface area contributed by atoms with Crippen LogP contribution in [0.15, 0.2) is 24.3 Å². The molecule has 0 heterocycles. The number of carbonyl (C=O) groups excluding carboxylic acids is 2. The van der Waals surface area contributed by atoms with Crippen LogP contribution in [0.2, 0.25) is 0 Å². The minimum absolute atomic E-state index is 0.0568. The summed E-state index contributed by atoms with van der Waals surface area (Å²) in [4.78, 5) is 35.4. The van der Waals surface area contributed by atoms with Gasteiger partial charge in [0.15, 0.2) is 6.10 Å². The van der Waals surface area contributed by atoms with E-state index < -0.39 is 26.5 Å². The summed E-state index contributed by atoms with van der Waals surface area (Å²) in [6, 6.07) is 0. The van der Waals surface area contributed by atoms with Gasteiger partial charge in [-0.15, -0.1) is 0 Å². The fourth-order valence-corrected chi connectivity index (χ4v) is 12.0. The maximum atomic E-state index is 12.8. The van der Waals surface area contributed by atoms with Crippen molar-refractivity contribution in [1.29, 1.82) is 0 Å². The minimum Gasteiger partial charge on any atom is -0.462 e. The minimum atomic E-state index is -4.39. The first-order chi connectivity index (χ1) is 40.3. The molecule has 0 aliphatic rings. The molecule has 3 N–H and O–H groups in total. The Hall–Kier alpha value is -1.51. The SMILES string of the molecule is CCCCCCC/C=C\C/C=C\CCCCCCCCCCCCCCCCCCCC(=O)OC(COC(=O)CCCCCCCCCCCCCCCCCCCCCCCCCCCCCCCCCC)COP(=O)(O)OCCN. The molecule has 0 spiro atoms. The number of phosphoric ester groups is 1. The number of esters is 2. The Morgan fingerprint density at radius 2 is 0.634 bits per heavy atom. The van der Waals surface area contributed by atoms with E-state index in [0.717, 1.165) is 38.5 Å². The number of carbonyl (C=O) groups is 2. The number of ether oxygens (including phenoxy) is 2. The number of hydrogen-bond acceptors (Lipinski definition) is 8. The highest BCUT2D eigenvalue weighted by atomic mass is 31.2. The van der Waals surface area contributed by atoms with Crippen LogP contribution < -0.4 is 5.73 Å². The number of nitrogens with two attached hydrogens (primary N) is 1. The first kappa shape index (κ1) is 80.5. The lowest BCUT2D eigenvalue weighted by molar-refractivity contribution is -0.161. The van der Waals surface area contributed by atoms with E-state index in [1.807, 2.05) is 0 Å². The van der Waals surface area contributed by atoms with Gasteiger partial charge < -0.3 is 20.1 Å². The Morgan fingerprint density at radius 1 is 0.366 bits per heavy atom. The Kier molecular flexibility index (Phi) is 67.3. The summed E-state index contributed by atoms with van der Waals surface area (Å²) in [7, 11) is -4.39. The number of hydrogen-bond donors (Lipinski definition) is 2. The zero-order chi connectivity index (χ0) is 59.4. The van der Waals surface area contributed by atoms with Crippen LogP contribution in [0.1, 0.15) is 393 Å². The van der Waals surface area contributed by atoms with Gasteiger partial charge in [-0.05, 0) is 44.9 Å². The largest absolute Gasteiger partial charge is 0.472 e. The summed E-state index contributed by atoms with van der Waals surface area (Å²) in [5.41, 5.74) is 5.41. The zero-order valence-electron chi connectivity index (χ0n) is 54.8. The molecule has 82 heavy (non-hydrogen) atoms. The van der Waals surface area contributed by atoms with Gasteiger partial charge >= 0.3 is 19.8 Å². The molecule has 0 aliphatic carbocycles. The average Bonchev–Trinajstić information content (AvgIpc) is 3.48. The standard InChI is InChI=1S/C72H140NO8P/c1-3-5-7-9-11-13-15-17-19-21-23-25-27-29-31-33-34-35-37-38-40-42-44-46-48-50-52-54-56-58-60-62-64-71(74)78-68-70(69-80-82(76,77)79-67-66-73)81-72(75)65-63-61-59-57-55-53-51-49-47-45-43-41-39-36-32-30-28-26-24-22-20-18-16-14-12-10-8-6-4-2/h16,18,22,24,70H,3-15,17,19-21,23,25-69,73H2,1-2H3,(H,76,77)/b18-16-,24-22-. The summed E-state index contributed by atoms with van der Waals surface area (Å²) in [6.45, 7) is 3.82. The van der Waals surface area contributed by atoms with Crippen LogP contribution in [0.3, 0.4) is 0 Å². The van der Waals surface area contributed by atoms with Crippen LogP contribution in [0.25, 0.3) is 0 Å². The smallest absolute Gasteiger partial charge is 0.462 e. The fraction of sp³-hybridized carbons (Fsp3) is 0.917. The third-order valence-corrected chi connectivity index (χ3v) is 17.6. The fourth-order valence-electron chi connectivity index (χ4n) is 11.2. The van der Waals surface area contributed by atoms with Gasteiger partial charge in [0.05, 0.1) is 13.2 Å². The zero-order valence-corrected chi connectivity index (χ0v) is 55.7. The van der Waals surface area contributed by atoms with E-state index in [4.69, 9.17) is 24.3 Å². The maximum absolute atomic E-state index is 12.8. The normalized spacial score (nSPS) is 13.0. The van der Waals surface area contributed by atoms with E-state index in [0.29, 0.717) is 6.42 Å². The van der Waals surface area contributed by atoms with E-state index >= 15 is 0 Å². The quantitative estimate of drug-likeness (QED) is 0.0264. The van der Waals surface area contributed by atoms with Crippen LogP contribution in [0.5, 0.6) is 0 Å². The van der Waals surface area contributed by atoms with Gasteiger partial charge in [0.2, 0.25) is 0 Å². The van der Waals surface area contributed by atoms with Crippen molar-refractivity contribution in [2.24, 2.45) is 5.73 Å². The van der Waals surface area contributed by atoms with Gasteiger partial charge in [-0.1, -0.05) is 359 Å². The molecule has 0 amide bonds. The van der Waals surface area contributed by atoms with Crippen molar-refractivity contribution < 1.29 is 37.6 Å². The first-order valence-corrected chi connectivity index (χ1v) is 37.8. The molecule has 0 saturated carbocycles. The summed E-state index contributed by atoms with van der Waals surface area (Å²) in [5, 5.41) is 0. The molecular weight excluding hydrogens is 1040 g/mol. The molecule has 9 nitrogen and oxygen atoms in total. The molecule has 10 heteroatoms.